The first-order valence-electron chi connectivity index (χ1n) is 6.44. The van der Waals surface area contributed by atoms with Gasteiger partial charge in [0.1, 0.15) is 10.8 Å². The molecule has 0 aliphatic carbocycles. The molecule has 6 heteroatoms. The highest BCUT2D eigenvalue weighted by molar-refractivity contribution is 7.16. The maximum Gasteiger partial charge on any atom is 0.338 e. The number of carboxylic acids is 1. The summed E-state index contributed by atoms with van der Waals surface area (Å²) in [6.07, 6.45) is -0.124. The third-order valence-electron chi connectivity index (χ3n) is 3.26. The number of benzene rings is 1. The lowest BCUT2D eigenvalue weighted by Gasteiger charge is -2.10. The van der Waals surface area contributed by atoms with Crippen molar-refractivity contribution in [1.29, 1.82) is 0 Å². The highest BCUT2D eigenvalue weighted by atomic mass is 32.1. The molecule has 0 fully saturated rings. The molecule has 3 rings (SSSR count). The molecular weight excluding hydrogens is 290 g/mol. The van der Waals surface area contributed by atoms with E-state index in [2.05, 4.69) is 5.32 Å². The normalized spacial score (nSPS) is 16.1. The number of nitrogens with one attached hydrogen (secondary N) is 1. The largest absolute Gasteiger partial charge is 0.480 e. The van der Waals surface area contributed by atoms with Crippen molar-refractivity contribution in [3.63, 3.8) is 0 Å². The molecule has 108 valence electrons. The van der Waals surface area contributed by atoms with Crippen molar-refractivity contribution in [2.75, 3.05) is 5.32 Å². The number of hydrogen-bond donors (Lipinski definition) is 2. The van der Waals surface area contributed by atoms with Gasteiger partial charge in [0.2, 0.25) is 0 Å². The summed E-state index contributed by atoms with van der Waals surface area (Å²) in [5.74, 6) is -0.667. The molecule has 1 aromatic heterocycles. The summed E-state index contributed by atoms with van der Waals surface area (Å²) < 4.78 is 5.59. The van der Waals surface area contributed by atoms with E-state index in [-0.39, 0.29) is 11.5 Å². The predicted octanol–water partition coefficient (Wildman–Crippen LogP) is 2.70. The smallest absolute Gasteiger partial charge is 0.338 e. The quantitative estimate of drug-likeness (QED) is 0.914. The third-order valence-corrected chi connectivity index (χ3v) is 4.23. The Morgan fingerprint density at radius 1 is 1.38 bits per heavy atom. The van der Waals surface area contributed by atoms with Gasteiger partial charge in [-0.3, -0.25) is 4.79 Å². The van der Waals surface area contributed by atoms with Gasteiger partial charge in [0.15, 0.2) is 6.10 Å². The minimum Gasteiger partial charge on any atom is -0.480 e. The van der Waals surface area contributed by atoms with Crippen LogP contribution in [0.5, 0.6) is 5.75 Å². The second kappa shape index (κ2) is 5.21. The Balaban J connectivity index is 1.75. The highest BCUT2D eigenvalue weighted by Gasteiger charge is 2.30. The van der Waals surface area contributed by atoms with Crippen LogP contribution in [0.25, 0.3) is 0 Å². The zero-order valence-corrected chi connectivity index (χ0v) is 12.1. The summed E-state index contributed by atoms with van der Waals surface area (Å²) in [6.45, 7) is 1.80. The Hall–Kier alpha value is -2.34. The van der Waals surface area contributed by atoms with Crippen LogP contribution >= 0.6 is 11.3 Å². The molecule has 5 nitrogen and oxygen atoms in total. The lowest BCUT2D eigenvalue weighted by molar-refractivity contribution is -0.122. The van der Waals surface area contributed by atoms with Crippen molar-refractivity contribution < 1.29 is 19.4 Å². The van der Waals surface area contributed by atoms with E-state index in [9.17, 15) is 9.59 Å². The molecule has 1 atom stereocenters. The topological polar surface area (TPSA) is 75.6 Å². The second-order valence-electron chi connectivity index (χ2n) is 4.81. The Morgan fingerprint density at radius 3 is 2.86 bits per heavy atom. The Kier molecular flexibility index (Phi) is 3.39. The van der Waals surface area contributed by atoms with E-state index in [1.807, 2.05) is 24.3 Å². The van der Waals surface area contributed by atoms with E-state index in [0.29, 0.717) is 17.2 Å². The number of carboxylic acid groups (broad SMARTS) is 1. The maximum atomic E-state index is 12.2. The van der Waals surface area contributed by atoms with Gasteiger partial charge in [-0.25, -0.2) is 4.79 Å². The molecule has 1 aliphatic rings. The van der Waals surface area contributed by atoms with Crippen LogP contribution in [0.3, 0.4) is 0 Å². The molecule has 0 radical (unpaired) electrons. The number of aryl methyl sites for hydroxylation is 1. The molecule has 21 heavy (non-hydrogen) atoms. The van der Waals surface area contributed by atoms with Crippen molar-refractivity contribution >= 4 is 28.2 Å². The van der Waals surface area contributed by atoms with Crippen molar-refractivity contribution in [2.45, 2.75) is 19.4 Å². The molecular formula is C15H13NO4S. The molecule has 2 aromatic rings. The van der Waals surface area contributed by atoms with Crippen LogP contribution in [-0.4, -0.2) is 23.1 Å². The molecule has 2 N–H and O–H groups in total. The number of hydrogen-bond acceptors (Lipinski definition) is 4. The second-order valence-corrected chi connectivity index (χ2v) is 6.07. The van der Waals surface area contributed by atoms with Gasteiger partial charge in [-0.05, 0) is 24.6 Å². The summed E-state index contributed by atoms with van der Waals surface area (Å²) in [7, 11) is 0. The van der Waals surface area contributed by atoms with Crippen LogP contribution in [0.1, 0.15) is 20.8 Å². The monoisotopic (exact) mass is 303 g/mol. The van der Waals surface area contributed by atoms with Crippen LogP contribution in [0, 0.1) is 6.92 Å². The summed E-state index contributed by atoms with van der Waals surface area (Å²) in [6, 6.07) is 9.03. The lowest BCUT2D eigenvalue weighted by Crippen LogP contribution is -2.31. The van der Waals surface area contributed by atoms with Crippen LogP contribution < -0.4 is 10.1 Å². The van der Waals surface area contributed by atoms with Gasteiger partial charge in [0.25, 0.3) is 5.91 Å². The van der Waals surface area contributed by atoms with Gasteiger partial charge in [-0.1, -0.05) is 18.2 Å². The standard InChI is InChI=1S/C15H13NO4S/c1-8-6-10(15(18)19)14(21-8)16-13(17)12-7-9-4-2-3-5-11(9)20-12/h2-6,12H,7H2,1H3,(H,16,17)(H,18,19). The van der Waals surface area contributed by atoms with Gasteiger partial charge < -0.3 is 15.2 Å². The Bertz CT molecular complexity index is 697. The average molecular weight is 303 g/mol. The number of para-hydroxylation sites is 1. The maximum absolute atomic E-state index is 12.2. The van der Waals surface area contributed by atoms with Crippen LogP contribution in [0.2, 0.25) is 0 Å². The van der Waals surface area contributed by atoms with Gasteiger partial charge in [-0.2, -0.15) is 0 Å². The Labute approximate surface area is 125 Å². The van der Waals surface area contributed by atoms with Crippen molar-refractivity contribution in [2.24, 2.45) is 0 Å². The molecule has 1 amide bonds. The SMILES string of the molecule is Cc1cc(C(=O)O)c(NC(=O)C2Cc3ccccc3O2)s1. The summed E-state index contributed by atoms with van der Waals surface area (Å²) in [5, 5.41) is 12.1. The van der Waals surface area contributed by atoms with Gasteiger partial charge in [0.05, 0.1) is 5.56 Å². The molecule has 1 unspecified atom stereocenters. The highest BCUT2D eigenvalue weighted by Crippen LogP contribution is 2.31. The fraction of sp³-hybridized carbons (Fsp3) is 0.200. The molecule has 1 aliphatic heterocycles. The van der Waals surface area contributed by atoms with Gasteiger partial charge >= 0.3 is 5.97 Å². The number of fused-ring (bicyclic) bond motifs is 1. The van der Waals surface area contributed by atoms with E-state index >= 15 is 0 Å². The first-order valence-corrected chi connectivity index (χ1v) is 7.25. The first kappa shape index (κ1) is 13.6. The number of anilines is 1. The zero-order chi connectivity index (χ0) is 15.0. The predicted molar refractivity (Wildman–Crippen MR) is 79.2 cm³/mol. The minimum absolute atomic E-state index is 0.112. The Morgan fingerprint density at radius 2 is 2.14 bits per heavy atom. The number of carbonyl (C=O) groups is 2. The average Bonchev–Trinajstić information content (AvgIpc) is 3.02. The zero-order valence-electron chi connectivity index (χ0n) is 11.3. The van der Waals surface area contributed by atoms with Crippen LogP contribution in [0.4, 0.5) is 5.00 Å². The van der Waals surface area contributed by atoms with E-state index < -0.39 is 12.1 Å². The summed E-state index contributed by atoms with van der Waals surface area (Å²) in [5.41, 5.74) is 1.10. The van der Waals surface area contributed by atoms with Crippen molar-refractivity contribution in [3.05, 3.63) is 46.3 Å². The number of ether oxygens (including phenoxy) is 1. The number of amides is 1. The van der Waals surface area contributed by atoms with Crippen LogP contribution in [-0.2, 0) is 11.2 Å². The van der Waals surface area contributed by atoms with Crippen molar-refractivity contribution in [1.82, 2.24) is 0 Å². The van der Waals surface area contributed by atoms with E-state index in [4.69, 9.17) is 9.84 Å². The number of carbonyl (C=O) groups excluding carboxylic acids is 1. The molecule has 1 aromatic carbocycles. The fourth-order valence-electron chi connectivity index (χ4n) is 2.29. The fourth-order valence-corrected chi connectivity index (χ4v) is 3.19. The first-order chi connectivity index (χ1) is 10.0. The van der Waals surface area contributed by atoms with E-state index in [0.717, 1.165) is 10.4 Å². The minimum atomic E-state index is -1.05. The van der Waals surface area contributed by atoms with E-state index in [1.54, 1.807) is 13.0 Å². The van der Waals surface area contributed by atoms with Gasteiger partial charge in [-0.15, -0.1) is 11.3 Å². The lowest BCUT2D eigenvalue weighted by atomic mass is 10.1. The van der Waals surface area contributed by atoms with Crippen LogP contribution in [0.15, 0.2) is 30.3 Å². The molecule has 2 heterocycles. The van der Waals surface area contributed by atoms with E-state index in [1.165, 1.54) is 11.3 Å². The molecule has 0 spiro atoms. The number of aromatic carboxylic acids is 1. The molecule has 0 bridgehead atoms. The van der Waals surface area contributed by atoms with Gasteiger partial charge in [0, 0.05) is 11.3 Å². The number of rotatable bonds is 3. The van der Waals surface area contributed by atoms with Crippen molar-refractivity contribution in [3.8, 4) is 5.75 Å². The third kappa shape index (κ3) is 2.62. The summed E-state index contributed by atoms with van der Waals surface area (Å²) >= 11 is 1.25. The molecule has 0 saturated carbocycles. The summed E-state index contributed by atoms with van der Waals surface area (Å²) in [4.78, 5) is 24.2. The molecule has 0 saturated heterocycles. The number of thiophene rings is 1.